The molecule has 5 heteroatoms. The van der Waals surface area contributed by atoms with Gasteiger partial charge in [0.15, 0.2) is 0 Å². The fourth-order valence-electron chi connectivity index (χ4n) is 3.25. The second-order valence-corrected chi connectivity index (χ2v) is 5.95. The lowest BCUT2D eigenvalue weighted by atomic mass is 9.84. The molecule has 1 saturated carbocycles. The SMILES string of the molecule is CC(=O)N1CCC(NC(=O)C2(CN)CCCC2)CC1. The minimum absolute atomic E-state index is 0.124. The van der Waals surface area contributed by atoms with Gasteiger partial charge < -0.3 is 16.0 Å². The Labute approximate surface area is 114 Å². The summed E-state index contributed by atoms with van der Waals surface area (Å²) in [6.07, 6.45) is 5.75. The quantitative estimate of drug-likeness (QED) is 0.787. The number of piperidine rings is 1. The van der Waals surface area contributed by atoms with E-state index >= 15 is 0 Å². The second-order valence-electron chi connectivity index (χ2n) is 5.95. The van der Waals surface area contributed by atoms with Crippen molar-refractivity contribution < 1.29 is 9.59 Å². The van der Waals surface area contributed by atoms with Crippen molar-refractivity contribution in [2.45, 2.75) is 51.5 Å². The van der Waals surface area contributed by atoms with Gasteiger partial charge in [-0.2, -0.15) is 0 Å². The van der Waals surface area contributed by atoms with Crippen molar-refractivity contribution in [3.8, 4) is 0 Å². The molecule has 3 N–H and O–H groups in total. The van der Waals surface area contributed by atoms with Crippen molar-refractivity contribution in [2.24, 2.45) is 11.1 Å². The van der Waals surface area contributed by atoms with Gasteiger partial charge in [-0.25, -0.2) is 0 Å². The Morgan fingerprint density at radius 1 is 1.26 bits per heavy atom. The molecule has 5 nitrogen and oxygen atoms in total. The van der Waals surface area contributed by atoms with Gasteiger partial charge in [-0.1, -0.05) is 12.8 Å². The van der Waals surface area contributed by atoms with E-state index in [2.05, 4.69) is 5.32 Å². The van der Waals surface area contributed by atoms with Gasteiger partial charge in [-0.3, -0.25) is 9.59 Å². The van der Waals surface area contributed by atoms with Gasteiger partial charge in [0.25, 0.3) is 0 Å². The highest BCUT2D eigenvalue weighted by atomic mass is 16.2. The Balaban J connectivity index is 1.85. The van der Waals surface area contributed by atoms with Crippen LogP contribution in [0.2, 0.25) is 0 Å². The van der Waals surface area contributed by atoms with Gasteiger partial charge in [0.2, 0.25) is 11.8 Å². The largest absolute Gasteiger partial charge is 0.353 e. The van der Waals surface area contributed by atoms with Crippen LogP contribution in [0, 0.1) is 5.41 Å². The molecule has 0 unspecified atom stereocenters. The van der Waals surface area contributed by atoms with Gasteiger partial charge in [0.05, 0.1) is 5.41 Å². The summed E-state index contributed by atoms with van der Waals surface area (Å²) in [5.74, 6) is 0.257. The van der Waals surface area contributed by atoms with Crippen LogP contribution in [0.3, 0.4) is 0 Å². The zero-order valence-corrected chi connectivity index (χ0v) is 11.8. The summed E-state index contributed by atoms with van der Waals surface area (Å²) in [4.78, 5) is 25.5. The van der Waals surface area contributed by atoms with Gasteiger partial charge in [-0.15, -0.1) is 0 Å². The third-order valence-corrected chi connectivity index (χ3v) is 4.71. The molecule has 2 rings (SSSR count). The Kier molecular flexibility index (Phi) is 4.45. The van der Waals surface area contributed by atoms with Gasteiger partial charge in [0, 0.05) is 32.6 Å². The number of carbonyl (C=O) groups is 2. The molecule has 19 heavy (non-hydrogen) atoms. The highest BCUT2D eigenvalue weighted by Crippen LogP contribution is 2.37. The maximum atomic E-state index is 12.4. The average Bonchev–Trinajstić information content (AvgIpc) is 2.89. The molecule has 2 amide bonds. The molecule has 1 aliphatic heterocycles. The second kappa shape index (κ2) is 5.90. The van der Waals surface area contributed by atoms with E-state index in [0.717, 1.165) is 51.6 Å². The van der Waals surface area contributed by atoms with Gasteiger partial charge >= 0.3 is 0 Å². The number of likely N-dealkylation sites (tertiary alicyclic amines) is 1. The third-order valence-electron chi connectivity index (χ3n) is 4.71. The molecule has 2 aliphatic rings. The van der Waals surface area contributed by atoms with Crippen LogP contribution in [-0.4, -0.2) is 42.4 Å². The standard InChI is InChI=1S/C14H25N3O2/c1-11(18)17-8-4-12(5-9-17)16-13(19)14(10-15)6-2-3-7-14/h12H,2-10,15H2,1H3,(H,16,19). The van der Waals surface area contributed by atoms with E-state index in [1.165, 1.54) is 0 Å². The highest BCUT2D eigenvalue weighted by molar-refractivity contribution is 5.83. The minimum atomic E-state index is -0.322. The zero-order valence-electron chi connectivity index (χ0n) is 11.8. The monoisotopic (exact) mass is 267 g/mol. The Bertz CT molecular complexity index is 343. The fourth-order valence-corrected chi connectivity index (χ4v) is 3.25. The predicted molar refractivity (Wildman–Crippen MR) is 73.4 cm³/mol. The van der Waals surface area contributed by atoms with Crippen LogP contribution in [0.4, 0.5) is 0 Å². The molecule has 1 heterocycles. The van der Waals surface area contributed by atoms with E-state index in [0.29, 0.717) is 6.54 Å². The van der Waals surface area contributed by atoms with E-state index in [1.54, 1.807) is 6.92 Å². The molecular formula is C14H25N3O2. The number of nitrogens with one attached hydrogen (secondary N) is 1. The van der Waals surface area contributed by atoms with E-state index < -0.39 is 0 Å². The summed E-state index contributed by atoms with van der Waals surface area (Å²) in [5.41, 5.74) is 5.50. The van der Waals surface area contributed by atoms with Crippen molar-refractivity contribution >= 4 is 11.8 Å². The maximum Gasteiger partial charge on any atom is 0.227 e. The van der Waals surface area contributed by atoms with Crippen molar-refractivity contribution in [3.63, 3.8) is 0 Å². The van der Waals surface area contributed by atoms with Crippen LogP contribution in [0.1, 0.15) is 45.4 Å². The Morgan fingerprint density at radius 2 is 1.84 bits per heavy atom. The number of hydrogen-bond acceptors (Lipinski definition) is 3. The summed E-state index contributed by atoms with van der Waals surface area (Å²) >= 11 is 0. The normalized spacial score (nSPS) is 23.4. The lowest BCUT2D eigenvalue weighted by Gasteiger charge is -2.34. The number of amides is 2. The molecule has 0 aromatic rings. The van der Waals surface area contributed by atoms with Crippen molar-refractivity contribution in [3.05, 3.63) is 0 Å². The molecule has 1 saturated heterocycles. The van der Waals surface area contributed by atoms with E-state index in [1.807, 2.05) is 4.90 Å². The van der Waals surface area contributed by atoms with Crippen LogP contribution >= 0.6 is 0 Å². The number of carbonyl (C=O) groups excluding carboxylic acids is 2. The first kappa shape index (κ1) is 14.3. The van der Waals surface area contributed by atoms with Crippen LogP contribution in [0.15, 0.2) is 0 Å². The van der Waals surface area contributed by atoms with E-state index in [-0.39, 0.29) is 23.3 Å². The van der Waals surface area contributed by atoms with Gasteiger partial charge in [0.1, 0.15) is 0 Å². The molecular weight excluding hydrogens is 242 g/mol. The summed E-state index contributed by atoms with van der Waals surface area (Å²) in [7, 11) is 0. The lowest BCUT2D eigenvalue weighted by Crippen LogP contribution is -2.51. The summed E-state index contributed by atoms with van der Waals surface area (Å²) in [5, 5.41) is 3.16. The van der Waals surface area contributed by atoms with Crippen LogP contribution in [0.25, 0.3) is 0 Å². The summed E-state index contributed by atoms with van der Waals surface area (Å²) < 4.78 is 0. The Hall–Kier alpha value is -1.10. The topological polar surface area (TPSA) is 75.4 Å². The summed E-state index contributed by atoms with van der Waals surface area (Å²) in [6.45, 7) is 3.54. The van der Waals surface area contributed by atoms with Crippen molar-refractivity contribution in [1.29, 1.82) is 0 Å². The molecule has 0 bridgehead atoms. The first-order chi connectivity index (χ1) is 9.07. The fraction of sp³-hybridized carbons (Fsp3) is 0.857. The van der Waals surface area contributed by atoms with Crippen LogP contribution in [0.5, 0.6) is 0 Å². The van der Waals surface area contributed by atoms with E-state index in [9.17, 15) is 9.59 Å². The van der Waals surface area contributed by atoms with Crippen LogP contribution in [-0.2, 0) is 9.59 Å². The molecule has 108 valence electrons. The highest BCUT2D eigenvalue weighted by Gasteiger charge is 2.40. The molecule has 0 aromatic heterocycles. The number of nitrogens with two attached hydrogens (primary N) is 1. The third kappa shape index (κ3) is 3.08. The predicted octanol–water partition coefficient (Wildman–Crippen LogP) is 0.633. The van der Waals surface area contributed by atoms with Gasteiger partial charge in [-0.05, 0) is 25.7 Å². The first-order valence-corrected chi connectivity index (χ1v) is 7.34. The molecule has 0 aromatic carbocycles. The molecule has 0 spiro atoms. The lowest BCUT2D eigenvalue weighted by molar-refractivity contribution is -0.132. The van der Waals surface area contributed by atoms with Crippen molar-refractivity contribution in [2.75, 3.05) is 19.6 Å². The molecule has 2 fully saturated rings. The molecule has 0 atom stereocenters. The summed E-state index contributed by atoms with van der Waals surface area (Å²) in [6, 6.07) is 0.201. The van der Waals surface area contributed by atoms with Crippen molar-refractivity contribution in [1.82, 2.24) is 10.2 Å². The zero-order chi connectivity index (χ0) is 13.9. The number of nitrogens with zero attached hydrogens (tertiary/aromatic N) is 1. The van der Waals surface area contributed by atoms with Crippen LogP contribution < -0.4 is 11.1 Å². The number of rotatable bonds is 3. The minimum Gasteiger partial charge on any atom is -0.353 e. The Morgan fingerprint density at radius 3 is 2.32 bits per heavy atom. The average molecular weight is 267 g/mol. The van der Waals surface area contributed by atoms with E-state index in [4.69, 9.17) is 5.73 Å². The molecule has 0 radical (unpaired) electrons. The number of hydrogen-bond donors (Lipinski definition) is 2. The smallest absolute Gasteiger partial charge is 0.227 e. The molecule has 1 aliphatic carbocycles. The maximum absolute atomic E-state index is 12.4. The first-order valence-electron chi connectivity index (χ1n) is 7.34.